The molecular formula is C13H20N2O2. The first-order valence-electron chi connectivity index (χ1n) is 6.18. The summed E-state index contributed by atoms with van der Waals surface area (Å²) in [6.07, 6.45) is 6.38. The van der Waals surface area contributed by atoms with E-state index in [0.29, 0.717) is 17.8 Å². The molecule has 0 atom stereocenters. The van der Waals surface area contributed by atoms with Crippen LogP contribution in [-0.4, -0.2) is 24.8 Å². The lowest BCUT2D eigenvalue weighted by atomic mass is 9.92. The van der Waals surface area contributed by atoms with Gasteiger partial charge in [0.2, 0.25) is 0 Å². The van der Waals surface area contributed by atoms with Gasteiger partial charge in [0, 0.05) is 26.4 Å². The van der Waals surface area contributed by atoms with Crippen molar-refractivity contribution >= 4 is 5.69 Å². The maximum absolute atomic E-state index is 12.1. The minimum Gasteiger partial charge on any atom is -0.384 e. The molecule has 1 aliphatic rings. The third-order valence-electron chi connectivity index (χ3n) is 3.61. The zero-order valence-electron chi connectivity index (χ0n) is 10.5. The van der Waals surface area contributed by atoms with Crippen molar-refractivity contribution in [2.75, 3.05) is 19.5 Å². The Bertz CT molecular complexity index is 420. The van der Waals surface area contributed by atoms with Crippen molar-refractivity contribution in [3.05, 3.63) is 28.7 Å². The number of anilines is 1. The summed E-state index contributed by atoms with van der Waals surface area (Å²) in [6, 6.07) is 4.07. The van der Waals surface area contributed by atoms with Crippen LogP contribution in [0.4, 0.5) is 5.69 Å². The molecule has 4 nitrogen and oxygen atoms in total. The van der Waals surface area contributed by atoms with Crippen molar-refractivity contribution in [2.45, 2.75) is 37.8 Å². The molecule has 4 heteroatoms. The molecule has 94 valence electrons. The number of aromatic nitrogens is 1. The second kappa shape index (κ2) is 5.36. The van der Waals surface area contributed by atoms with Crippen LogP contribution < -0.4 is 10.9 Å². The predicted octanol–water partition coefficient (Wildman–Crippen LogP) is 2.02. The van der Waals surface area contributed by atoms with Crippen molar-refractivity contribution in [1.82, 2.24) is 4.57 Å². The van der Waals surface area contributed by atoms with Crippen LogP contribution in [0.25, 0.3) is 0 Å². The maximum atomic E-state index is 12.1. The quantitative estimate of drug-likeness (QED) is 0.873. The monoisotopic (exact) mass is 236 g/mol. The molecule has 1 aromatic rings. The molecule has 1 heterocycles. The number of hydrogen-bond acceptors (Lipinski definition) is 3. The topological polar surface area (TPSA) is 43.3 Å². The van der Waals surface area contributed by atoms with Crippen LogP contribution in [0.3, 0.4) is 0 Å². The lowest BCUT2D eigenvalue weighted by molar-refractivity contribution is 0.0580. The lowest BCUT2D eigenvalue weighted by Crippen LogP contribution is -2.30. The Kier molecular flexibility index (Phi) is 3.84. The molecule has 1 aliphatic carbocycles. The van der Waals surface area contributed by atoms with Gasteiger partial charge < -0.3 is 14.6 Å². The molecule has 1 saturated carbocycles. The van der Waals surface area contributed by atoms with Gasteiger partial charge in [-0.2, -0.15) is 0 Å². The SMILES string of the molecule is CNc1cccn([C@H]2CC[C@H](OC)CC2)c1=O. The summed E-state index contributed by atoms with van der Waals surface area (Å²) >= 11 is 0. The largest absolute Gasteiger partial charge is 0.384 e. The zero-order chi connectivity index (χ0) is 12.3. The van der Waals surface area contributed by atoms with E-state index < -0.39 is 0 Å². The number of rotatable bonds is 3. The maximum Gasteiger partial charge on any atom is 0.274 e. The Morgan fingerprint density at radius 3 is 2.65 bits per heavy atom. The van der Waals surface area contributed by atoms with E-state index in [2.05, 4.69) is 5.32 Å². The summed E-state index contributed by atoms with van der Waals surface area (Å²) in [5, 5.41) is 2.94. The summed E-state index contributed by atoms with van der Waals surface area (Å²) in [7, 11) is 3.54. The Morgan fingerprint density at radius 1 is 1.35 bits per heavy atom. The highest BCUT2D eigenvalue weighted by Gasteiger charge is 2.22. The molecule has 2 rings (SSSR count). The first kappa shape index (κ1) is 12.2. The van der Waals surface area contributed by atoms with E-state index in [1.165, 1.54) is 0 Å². The highest BCUT2D eigenvalue weighted by molar-refractivity contribution is 5.39. The fourth-order valence-electron chi connectivity index (χ4n) is 2.55. The fourth-order valence-corrected chi connectivity index (χ4v) is 2.55. The van der Waals surface area contributed by atoms with Gasteiger partial charge in [0.05, 0.1) is 6.10 Å². The normalized spacial score (nSPS) is 24.6. The van der Waals surface area contributed by atoms with Crippen molar-refractivity contribution < 1.29 is 4.74 Å². The highest BCUT2D eigenvalue weighted by Crippen LogP contribution is 2.28. The van der Waals surface area contributed by atoms with Crippen LogP contribution >= 0.6 is 0 Å². The number of pyridine rings is 1. The number of methoxy groups -OCH3 is 1. The molecule has 1 aromatic heterocycles. The van der Waals surface area contributed by atoms with E-state index in [1.54, 1.807) is 14.2 Å². The smallest absolute Gasteiger partial charge is 0.274 e. The number of nitrogens with zero attached hydrogens (tertiary/aromatic N) is 1. The van der Waals surface area contributed by atoms with Crippen LogP contribution in [-0.2, 0) is 4.74 Å². The van der Waals surface area contributed by atoms with Gasteiger partial charge in [-0.25, -0.2) is 0 Å². The summed E-state index contributed by atoms with van der Waals surface area (Å²) in [5.74, 6) is 0. The molecule has 0 aliphatic heterocycles. The number of hydrogen-bond donors (Lipinski definition) is 1. The molecule has 1 N–H and O–H groups in total. The van der Waals surface area contributed by atoms with Gasteiger partial charge in [0.1, 0.15) is 5.69 Å². The van der Waals surface area contributed by atoms with Gasteiger partial charge in [-0.15, -0.1) is 0 Å². The molecule has 17 heavy (non-hydrogen) atoms. The first-order chi connectivity index (χ1) is 8.26. The van der Waals surface area contributed by atoms with Gasteiger partial charge in [-0.1, -0.05) is 0 Å². The fraction of sp³-hybridized carbons (Fsp3) is 0.615. The van der Waals surface area contributed by atoms with Crippen LogP contribution in [0.2, 0.25) is 0 Å². The number of nitrogens with one attached hydrogen (secondary N) is 1. The molecule has 1 fully saturated rings. The summed E-state index contributed by atoms with van der Waals surface area (Å²) in [5.41, 5.74) is 0.747. The van der Waals surface area contributed by atoms with E-state index in [1.807, 2.05) is 22.9 Å². The second-order valence-electron chi connectivity index (χ2n) is 4.55. The van der Waals surface area contributed by atoms with E-state index in [0.717, 1.165) is 25.7 Å². The van der Waals surface area contributed by atoms with Crippen molar-refractivity contribution in [3.8, 4) is 0 Å². The third-order valence-corrected chi connectivity index (χ3v) is 3.61. The lowest BCUT2D eigenvalue weighted by Gasteiger charge is -2.29. The van der Waals surface area contributed by atoms with Crippen LogP contribution in [0.15, 0.2) is 23.1 Å². The molecule has 0 aromatic carbocycles. The van der Waals surface area contributed by atoms with Crippen LogP contribution in [0.1, 0.15) is 31.7 Å². The van der Waals surface area contributed by atoms with E-state index in [4.69, 9.17) is 4.74 Å². The minimum absolute atomic E-state index is 0.0795. The van der Waals surface area contributed by atoms with E-state index in [-0.39, 0.29) is 5.56 Å². The van der Waals surface area contributed by atoms with Gasteiger partial charge in [0.15, 0.2) is 0 Å². The molecular weight excluding hydrogens is 216 g/mol. The molecule has 0 saturated heterocycles. The third kappa shape index (κ3) is 2.52. The summed E-state index contributed by atoms with van der Waals surface area (Å²) in [6.45, 7) is 0. The van der Waals surface area contributed by atoms with Gasteiger partial charge in [-0.3, -0.25) is 4.79 Å². The van der Waals surface area contributed by atoms with Crippen molar-refractivity contribution in [3.63, 3.8) is 0 Å². The molecule has 0 amide bonds. The predicted molar refractivity (Wildman–Crippen MR) is 68.6 cm³/mol. The van der Waals surface area contributed by atoms with Gasteiger partial charge in [0.25, 0.3) is 5.56 Å². The van der Waals surface area contributed by atoms with Gasteiger partial charge >= 0.3 is 0 Å². The number of ether oxygens (including phenoxy) is 1. The highest BCUT2D eigenvalue weighted by atomic mass is 16.5. The van der Waals surface area contributed by atoms with E-state index in [9.17, 15) is 4.79 Å². The Balaban J connectivity index is 2.16. The molecule has 0 radical (unpaired) electrons. The van der Waals surface area contributed by atoms with Crippen molar-refractivity contribution in [1.29, 1.82) is 0 Å². The summed E-state index contributed by atoms with van der Waals surface area (Å²) < 4.78 is 7.21. The average Bonchev–Trinajstić information content (AvgIpc) is 2.39. The second-order valence-corrected chi connectivity index (χ2v) is 4.55. The van der Waals surface area contributed by atoms with Crippen LogP contribution in [0.5, 0.6) is 0 Å². The molecule has 0 unspecified atom stereocenters. The average molecular weight is 236 g/mol. The first-order valence-corrected chi connectivity index (χ1v) is 6.18. The van der Waals surface area contributed by atoms with Gasteiger partial charge in [-0.05, 0) is 37.8 Å². The standard InChI is InChI=1S/C13H20N2O2/c1-14-12-4-3-9-15(13(12)16)10-5-7-11(17-2)8-6-10/h3-4,9-11,14H,5-8H2,1-2H3/t10-,11-. The molecule has 0 bridgehead atoms. The Morgan fingerprint density at radius 2 is 2.06 bits per heavy atom. The minimum atomic E-state index is 0.0795. The Hall–Kier alpha value is -1.29. The molecule has 0 spiro atoms. The zero-order valence-corrected chi connectivity index (χ0v) is 10.5. The van der Waals surface area contributed by atoms with E-state index >= 15 is 0 Å². The Labute approximate surface area is 102 Å². The summed E-state index contributed by atoms with van der Waals surface area (Å²) in [4.78, 5) is 12.1. The van der Waals surface area contributed by atoms with Crippen molar-refractivity contribution in [2.24, 2.45) is 0 Å². The van der Waals surface area contributed by atoms with Crippen LogP contribution in [0, 0.1) is 0 Å².